The molecule has 1 aromatic rings. The molecule has 1 aromatic carbocycles. The van der Waals surface area contributed by atoms with Gasteiger partial charge >= 0.3 is 0 Å². The summed E-state index contributed by atoms with van der Waals surface area (Å²) >= 11 is 0. The Labute approximate surface area is 114 Å². The quantitative estimate of drug-likeness (QED) is 0.756. The van der Waals surface area contributed by atoms with Crippen molar-refractivity contribution in [2.75, 3.05) is 31.6 Å². The molecule has 2 N–H and O–H groups in total. The Morgan fingerprint density at radius 2 is 1.89 bits per heavy atom. The molecule has 0 aromatic heterocycles. The molecule has 0 saturated heterocycles. The second kappa shape index (κ2) is 8.37. The summed E-state index contributed by atoms with van der Waals surface area (Å²) in [6, 6.07) is 5.41. The number of likely N-dealkylation sites (N-methyl/N-ethyl adjacent to an activating group) is 1. The van der Waals surface area contributed by atoms with E-state index in [4.69, 9.17) is 9.47 Å². The lowest BCUT2D eigenvalue weighted by molar-refractivity contribution is -0.115. The molecule has 0 atom stereocenters. The highest BCUT2D eigenvalue weighted by molar-refractivity contribution is 5.93. The molecule has 1 rings (SSSR count). The first kappa shape index (κ1) is 15.3. The molecule has 19 heavy (non-hydrogen) atoms. The van der Waals surface area contributed by atoms with Gasteiger partial charge in [-0.25, -0.2) is 0 Å². The normalized spacial score (nSPS) is 10.1. The molecule has 0 spiro atoms. The highest BCUT2D eigenvalue weighted by Gasteiger charge is 2.09. The van der Waals surface area contributed by atoms with Crippen LogP contribution in [0, 0.1) is 0 Å². The molecule has 5 nitrogen and oxygen atoms in total. The smallest absolute Gasteiger partial charge is 0.238 e. The van der Waals surface area contributed by atoms with Crippen LogP contribution in [0.15, 0.2) is 18.2 Å². The molecule has 1 amide bonds. The molecule has 106 valence electrons. The average Bonchev–Trinajstić information content (AvgIpc) is 2.40. The molecular weight excluding hydrogens is 244 g/mol. The van der Waals surface area contributed by atoms with Crippen molar-refractivity contribution in [3.05, 3.63) is 18.2 Å². The Hall–Kier alpha value is -1.75. The highest BCUT2D eigenvalue weighted by Crippen LogP contribution is 2.29. The van der Waals surface area contributed by atoms with E-state index in [0.717, 1.165) is 6.54 Å². The zero-order chi connectivity index (χ0) is 14.1. The number of ether oxygens (including phenoxy) is 2. The van der Waals surface area contributed by atoms with Gasteiger partial charge in [0, 0.05) is 6.07 Å². The Morgan fingerprint density at radius 3 is 2.53 bits per heavy atom. The Bertz CT molecular complexity index is 408. The van der Waals surface area contributed by atoms with Gasteiger partial charge in [-0.1, -0.05) is 6.92 Å². The van der Waals surface area contributed by atoms with Crippen LogP contribution in [0.4, 0.5) is 5.69 Å². The maximum Gasteiger partial charge on any atom is 0.238 e. The Balaban J connectivity index is 2.80. The van der Waals surface area contributed by atoms with Crippen LogP contribution in [0.25, 0.3) is 0 Å². The standard InChI is InChI=1S/C14H22N2O3/c1-4-15-10-14(17)16-12-9-11(18-5-2)7-8-13(12)19-6-3/h7-9,15H,4-6,10H2,1-3H3,(H,16,17). The average molecular weight is 266 g/mol. The van der Waals surface area contributed by atoms with E-state index >= 15 is 0 Å². The molecule has 0 fully saturated rings. The maximum absolute atomic E-state index is 11.7. The molecular formula is C14H22N2O3. The lowest BCUT2D eigenvalue weighted by Crippen LogP contribution is -2.27. The number of carbonyl (C=O) groups is 1. The number of rotatable bonds is 8. The van der Waals surface area contributed by atoms with Crippen LogP contribution in [-0.4, -0.2) is 32.2 Å². The molecule has 0 aliphatic carbocycles. The lowest BCUT2D eigenvalue weighted by Gasteiger charge is -2.13. The van der Waals surface area contributed by atoms with Crippen LogP contribution in [0.1, 0.15) is 20.8 Å². The molecule has 0 saturated carbocycles. The monoisotopic (exact) mass is 266 g/mol. The van der Waals surface area contributed by atoms with Crippen LogP contribution in [-0.2, 0) is 4.79 Å². The van der Waals surface area contributed by atoms with Crippen molar-refractivity contribution in [2.45, 2.75) is 20.8 Å². The van der Waals surface area contributed by atoms with Crippen molar-refractivity contribution >= 4 is 11.6 Å². The minimum Gasteiger partial charge on any atom is -0.494 e. The van der Waals surface area contributed by atoms with Gasteiger partial charge in [0.05, 0.1) is 25.4 Å². The van der Waals surface area contributed by atoms with Gasteiger partial charge in [0.15, 0.2) is 0 Å². The third kappa shape index (κ3) is 5.18. The number of hydrogen-bond acceptors (Lipinski definition) is 4. The van der Waals surface area contributed by atoms with E-state index in [0.29, 0.717) is 30.4 Å². The molecule has 5 heteroatoms. The summed E-state index contributed by atoms with van der Waals surface area (Å²) < 4.78 is 10.9. The summed E-state index contributed by atoms with van der Waals surface area (Å²) in [5.74, 6) is 1.26. The molecule has 0 aliphatic heterocycles. The van der Waals surface area contributed by atoms with Crippen LogP contribution in [0.5, 0.6) is 11.5 Å². The van der Waals surface area contributed by atoms with Crippen molar-refractivity contribution in [3.63, 3.8) is 0 Å². The first-order valence-corrected chi connectivity index (χ1v) is 6.61. The van der Waals surface area contributed by atoms with Crippen LogP contribution < -0.4 is 20.1 Å². The summed E-state index contributed by atoms with van der Waals surface area (Å²) in [6.45, 7) is 7.93. The molecule has 0 heterocycles. The van der Waals surface area contributed by atoms with Gasteiger partial charge in [0.25, 0.3) is 0 Å². The van der Waals surface area contributed by atoms with Gasteiger partial charge in [-0.2, -0.15) is 0 Å². The van der Waals surface area contributed by atoms with Crippen LogP contribution in [0.3, 0.4) is 0 Å². The topological polar surface area (TPSA) is 59.6 Å². The fourth-order valence-corrected chi connectivity index (χ4v) is 1.58. The second-order valence-electron chi connectivity index (χ2n) is 3.85. The van der Waals surface area contributed by atoms with E-state index in [-0.39, 0.29) is 12.5 Å². The third-order valence-electron chi connectivity index (χ3n) is 2.37. The number of nitrogens with one attached hydrogen (secondary N) is 2. The minimum absolute atomic E-state index is 0.101. The summed E-state index contributed by atoms with van der Waals surface area (Å²) in [5, 5.41) is 5.80. The molecule has 0 radical (unpaired) electrons. The maximum atomic E-state index is 11.7. The Morgan fingerprint density at radius 1 is 1.16 bits per heavy atom. The zero-order valence-electron chi connectivity index (χ0n) is 11.8. The SMILES string of the molecule is CCNCC(=O)Nc1cc(OCC)ccc1OCC. The summed E-state index contributed by atoms with van der Waals surface area (Å²) in [5.41, 5.74) is 0.635. The van der Waals surface area contributed by atoms with E-state index in [9.17, 15) is 4.79 Å². The second-order valence-corrected chi connectivity index (χ2v) is 3.85. The van der Waals surface area contributed by atoms with Gasteiger partial charge in [-0.3, -0.25) is 4.79 Å². The highest BCUT2D eigenvalue weighted by atomic mass is 16.5. The summed E-state index contributed by atoms with van der Waals surface area (Å²) in [4.78, 5) is 11.7. The summed E-state index contributed by atoms with van der Waals surface area (Å²) in [6.07, 6.45) is 0. The molecule has 0 bridgehead atoms. The van der Waals surface area contributed by atoms with Gasteiger partial charge in [-0.05, 0) is 32.5 Å². The lowest BCUT2D eigenvalue weighted by atomic mass is 10.2. The summed E-state index contributed by atoms with van der Waals surface area (Å²) in [7, 11) is 0. The van der Waals surface area contributed by atoms with Crippen molar-refractivity contribution in [1.29, 1.82) is 0 Å². The fourth-order valence-electron chi connectivity index (χ4n) is 1.58. The van der Waals surface area contributed by atoms with Crippen molar-refractivity contribution < 1.29 is 14.3 Å². The number of amides is 1. The number of benzene rings is 1. The predicted octanol–water partition coefficient (Wildman–Crippen LogP) is 2.03. The molecule has 0 aliphatic rings. The van der Waals surface area contributed by atoms with Crippen molar-refractivity contribution in [1.82, 2.24) is 5.32 Å². The largest absolute Gasteiger partial charge is 0.494 e. The zero-order valence-corrected chi connectivity index (χ0v) is 11.8. The van der Waals surface area contributed by atoms with Gasteiger partial charge in [-0.15, -0.1) is 0 Å². The van der Waals surface area contributed by atoms with Gasteiger partial charge in [0.2, 0.25) is 5.91 Å². The van der Waals surface area contributed by atoms with E-state index in [1.54, 1.807) is 12.1 Å². The number of hydrogen-bond donors (Lipinski definition) is 2. The number of carbonyl (C=O) groups excluding carboxylic acids is 1. The first-order valence-electron chi connectivity index (χ1n) is 6.61. The van der Waals surface area contributed by atoms with Gasteiger partial charge in [0.1, 0.15) is 11.5 Å². The van der Waals surface area contributed by atoms with E-state index in [2.05, 4.69) is 10.6 Å². The third-order valence-corrected chi connectivity index (χ3v) is 2.37. The molecule has 0 unspecified atom stereocenters. The van der Waals surface area contributed by atoms with Crippen LogP contribution >= 0.6 is 0 Å². The predicted molar refractivity (Wildman–Crippen MR) is 76.0 cm³/mol. The van der Waals surface area contributed by atoms with Gasteiger partial charge < -0.3 is 20.1 Å². The van der Waals surface area contributed by atoms with E-state index < -0.39 is 0 Å². The first-order chi connectivity index (χ1) is 9.21. The van der Waals surface area contributed by atoms with Crippen LogP contribution in [0.2, 0.25) is 0 Å². The number of anilines is 1. The van der Waals surface area contributed by atoms with Crippen molar-refractivity contribution in [3.8, 4) is 11.5 Å². The fraction of sp³-hybridized carbons (Fsp3) is 0.500. The van der Waals surface area contributed by atoms with Crippen molar-refractivity contribution in [2.24, 2.45) is 0 Å². The van der Waals surface area contributed by atoms with E-state index in [1.165, 1.54) is 0 Å². The Kier molecular flexibility index (Phi) is 6.74. The minimum atomic E-state index is -0.101. The van der Waals surface area contributed by atoms with E-state index in [1.807, 2.05) is 26.8 Å².